The fourth-order valence-electron chi connectivity index (χ4n) is 4.29. The normalized spacial score (nSPS) is 12.1. The van der Waals surface area contributed by atoms with Crippen molar-refractivity contribution in [2.45, 2.75) is 32.4 Å². The number of aromatic nitrogens is 4. The molecule has 4 rings (SSSR count). The van der Waals surface area contributed by atoms with Gasteiger partial charge < -0.3 is 18.8 Å². The second-order valence-corrected chi connectivity index (χ2v) is 11.5. The van der Waals surface area contributed by atoms with Gasteiger partial charge in [-0.05, 0) is 51.1 Å². The number of methoxy groups -OCH3 is 2. The number of carbonyl (C=O) groups excluding carboxylic acids is 1. The predicted octanol–water partition coefficient (Wildman–Crippen LogP) is 4.45. The molecule has 1 unspecified atom stereocenters. The number of nitrogens with one attached hydrogen (secondary N) is 1. The largest absolute Gasteiger partial charge is 0.494 e. The van der Waals surface area contributed by atoms with Crippen molar-refractivity contribution >= 4 is 33.5 Å². The molecule has 1 atom stereocenters. The van der Waals surface area contributed by atoms with Crippen LogP contribution in [-0.4, -0.2) is 71.5 Å². The summed E-state index contributed by atoms with van der Waals surface area (Å²) < 4.78 is 48.0. The minimum Gasteiger partial charge on any atom is -0.494 e. The summed E-state index contributed by atoms with van der Waals surface area (Å²) >= 11 is 6.15. The molecule has 1 aromatic carbocycles. The number of amides is 1. The highest BCUT2D eigenvalue weighted by molar-refractivity contribution is 7.93. The highest BCUT2D eigenvalue weighted by atomic mass is 35.5. The van der Waals surface area contributed by atoms with Gasteiger partial charge in [-0.3, -0.25) is 19.1 Å². The molecule has 0 saturated heterocycles. The zero-order valence-corrected chi connectivity index (χ0v) is 24.9. The minimum absolute atomic E-state index is 0.0635. The van der Waals surface area contributed by atoms with Crippen LogP contribution in [0.25, 0.3) is 17.3 Å². The zero-order chi connectivity index (χ0) is 29.7. The first-order chi connectivity index (χ1) is 19.6. The van der Waals surface area contributed by atoms with Crippen LogP contribution in [0.3, 0.4) is 0 Å². The summed E-state index contributed by atoms with van der Waals surface area (Å²) in [4.78, 5) is 19.1. The average molecular weight is 603 g/mol. The summed E-state index contributed by atoms with van der Waals surface area (Å²) in [5.74, 6) is 0.937. The van der Waals surface area contributed by atoms with E-state index in [2.05, 4.69) is 19.9 Å². The van der Waals surface area contributed by atoms with E-state index in [0.717, 1.165) is 0 Å². The first kappa shape index (κ1) is 29.9. The third-order valence-electron chi connectivity index (χ3n) is 6.49. The van der Waals surface area contributed by atoms with E-state index in [1.54, 1.807) is 35.2 Å². The lowest BCUT2D eigenvalue weighted by atomic mass is 10.1. The molecule has 1 N–H and O–H groups in total. The Kier molecular flexibility index (Phi) is 9.18. The number of para-hydroxylation sites is 1. The molecule has 1 amide bonds. The van der Waals surface area contributed by atoms with Crippen molar-refractivity contribution in [1.29, 1.82) is 0 Å². The van der Waals surface area contributed by atoms with Crippen molar-refractivity contribution in [3.63, 3.8) is 0 Å². The molecule has 0 aliphatic rings. The summed E-state index contributed by atoms with van der Waals surface area (Å²) in [6, 6.07) is 9.99. The second-order valence-electron chi connectivity index (χ2n) is 8.96. The number of benzene rings is 1. The summed E-state index contributed by atoms with van der Waals surface area (Å²) in [7, 11) is -1.14. The van der Waals surface area contributed by atoms with Gasteiger partial charge in [0.05, 0.1) is 42.0 Å². The van der Waals surface area contributed by atoms with Crippen molar-refractivity contribution < 1.29 is 27.1 Å². The zero-order valence-electron chi connectivity index (χ0n) is 23.3. The number of rotatable bonds is 12. The topological polar surface area (TPSA) is 142 Å². The number of hydrogen-bond acceptors (Lipinski definition) is 9. The Morgan fingerprint density at radius 2 is 1.80 bits per heavy atom. The smallest absolute Gasteiger partial charge is 0.255 e. The Morgan fingerprint density at radius 3 is 2.39 bits per heavy atom. The van der Waals surface area contributed by atoms with E-state index in [1.165, 1.54) is 44.2 Å². The van der Waals surface area contributed by atoms with Crippen molar-refractivity contribution in [2.75, 3.05) is 32.0 Å². The van der Waals surface area contributed by atoms with Crippen LogP contribution in [0.5, 0.6) is 11.5 Å². The Hall–Kier alpha value is -4.10. The number of sulfonamides is 1. The molecule has 218 valence electrons. The second kappa shape index (κ2) is 12.6. The summed E-state index contributed by atoms with van der Waals surface area (Å²) in [5, 5.41) is 7.59. The van der Waals surface area contributed by atoms with Crippen LogP contribution >= 0.6 is 11.6 Å². The van der Waals surface area contributed by atoms with E-state index < -0.39 is 15.3 Å². The third kappa shape index (κ3) is 6.15. The SMILES string of the molecule is CCN(CC)C(=O)c1cc(Cl)cnc1CC(C)S(=O)(=O)Nc1nnc(-c2ccco2)n1-c1c(OC)cccc1OC. The Labute approximate surface area is 243 Å². The highest BCUT2D eigenvalue weighted by Crippen LogP contribution is 2.38. The van der Waals surface area contributed by atoms with E-state index in [9.17, 15) is 13.2 Å². The molecule has 0 fully saturated rings. The Bertz CT molecular complexity index is 1600. The van der Waals surface area contributed by atoms with Gasteiger partial charge in [-0.15, -0.1) is 10.2 Å². The fourth-order valence-corrected chi connectivity index (χ4v) is 5.41. The average Bonchev–Trinajstić information content (AvgIpc) is 3.64. The van der Waals surface area contributed by atoms with Crippen LogP contribution in [0.15, 0.2) is 53.3 Å². The summed E-state index contributed by atoms with van der Waals surface area (Å²) in [6.07, 6.45) is 2.80. The number of carbonyl (C=O) groups is 1. The van der Waals surface area contributed by atoms with Crippen molar-refractivity contribution in [3.05, 3.63) is 65.1 Å². The maximum Gasteiger partial charge on any atom is 0.255 e. The monoisotopic (exact) mass is 602 g/mol. The molecular weight excluding hydrogens is 572 g/mol. The quantitative estimate of drug-likeness (QED) is 0.249. The van der Waals surface area contributed by atoms with Gasteiger partial charge >= 0.3 is 0 Å². The van der Waals surface area contributed by atoms with Crippen molar-refractivity contribution in [2.24, 2.45) is 0 Å². The van der Waals surface area contributed by atoms with Gasteiger partial charge in [-0.25, -0.2) is 8.42 Å². The van der Waals surface area contributed by atoms with Crippen molar-refractivity contribution in [1.82, 2.24) is 24.6 Å². The van der Waals surface area contributed by atoms with Gasteiger partial charge in [-0.2, -0.15) is 0 Å². The lowest BCUT2D eigenvalue weighted by Gasteiger charge is -2.21. The van der Waals surface area contributed by atoms with E-state index in [4.69, 9.17) is 25.5 Å². The van der Waals surface area contributed by atoms with Gasteiger partial charge in [0.2, 0.25) is 21.8 Å². The van der Waals surface area contributed by atoms with Crippen LogP contribution in [0.2, 0.25) is 5.02 Å². The number of halogens is 1. The fraction of sp³-hybridized carbons (Fsp3) is 0.333. The lowest BCUT2D eigenvalue weighted by Crippen LogP contribution is -2.33. The molecule has 0 radical (unpaired) electrons. The number of ether oxygens (including phenoxy) is 2. The molecular formula is C27H31ClN6O6S. The number of furan rings is 1. The number of pyridine rings is 1. The molecule has 3 heterocycles. The Balaban J connectivity index is 1.74. The number of nitrogens with zero attached hydrogens (tertiary/aromatic N) is 5. The molecule has 0 aliphatic heterocycles. The van der Waals surface area contributed by atoms with Gasteiger partial charge in [-0.1, -0.05) is 17.7 Å². The predicted molar refractivity (Wildman–Crippen MR) is 154 cm³/mol. The van der Waals surface area contributed by atoms with E-state index >= 15 is 0 Å². The third-order valence-corrected chi connectivity index (χ3v) is 8.39. The van der Waals surface area contributed by atoms with Gasteiger partial charge in [0.1, 0.15) is 17.2 Å². The first-order valence-corrected chi connectivity index (χ1v) is 14.7. The van der Waals surface area contributed by atoms with Gasteiger partial charge in [0, 0.05) is 25.7 Å². The van der Waals surface area contributed by atoms with Gasteiger partial charge in [0.15, 0.2) is 5.76 Å². The minimum atomic E-state index is -4.10. The molecule has 0 bridgehead atoms. The summed E-state index contributed by atoms with van der Waals surface area (Å²) in [6.45, 7) is 6.20. The van der Waals surface area contributed by atoms with Crippen molar-refractivity contribution in [3.8, 4) is 28.8 Å². The molecule has 14 heteroatoms. The van der Waals surface area contributed by atoms with E-state index in [0.29, 0.717) is 41.7 Å². The molecule has 0 saturated carbocycles. The van der Waals surface area contributed by atoms with Crippen LogP contribution in [0, 0.1) is 0 Å². The number of hydrogen-bond donors (Lipinski definition) is 1. The highest BCUT2D eigenvalue weighted by Gasteiger charge is 2.30. The van der Waals surface area contributed by atoms with Crippen LogP contribution in [0.4, 0.5) is 5.95 Å². The summed E-state index contributed by atoms with van der Waals surface area (Å²) in [5.41, 5.74) is 0.935. The van der Waals surface area contributed by atoms with Crippen LogP contribution < -0.4 is 14.2 Å². The lowest BCUT2D eigenvalue weighted by molar-refractivity contribution is 0.0771. The maximum atomic E-state index is 13.7. The van der Waals surface area contributed by atoms with Crippen LogP contribution in [-0.2, 0) is 16.4 Å². The maximum absolute atomic E-state index is 13.7. The van der Waals surface area contributed by atoms with E-state index in [-0.39, 0.29) is 34.7 Å². The molecule has 0 aliphatic carbocycles. The molecule has 12 nitrogen and oxygen atoms in total. The molecule has 41 heavy (non-hydrogen) atoms. The van der Waals surface area contributed by atoms with Gasteiger partial charge in [0.25, 0.3) is 5.91 Å². The number of anilines is 1. The Morgan fingerprint density at radius 1 is 1.12 bits per heavy atom. The van der Waals surface area contributed by atoms with E-state index in [1.807, 2.05) is 13.8 Å². The molecule has 0 spiro atoms. The van der Waals surface area contributed by atoms with Crippen LogP contribution in [0.1, 0.15) is 36.8 Å². The molecule has 4 aromatic rings. The first-order valence-electron chi connectivity index (χ1n) is 12.8. The standard InChI is InChI=1S/C27H31ClN6O6S/c1-6-33(7-2)26(35)19-15-18(28)16-29-20(19)14-17(3)41(36,37)32-27-31-30-25(23-12-9-13-40-23)34(27)24-21(38-4)10-8-11-22(24)39-5/h8-13,15-17H,6-7,14H2,1-5H3,(H,31,32). The molecule has 3 aromatic heterocycles.